The van der Waals surface area contributed by atoms with Gasteiger partial charge in [-0.25, -0.2) is 15.0 Å². The van der Waals surface area contributed by atoms with Crippen LogP contribution in [0.4, 0.5) is 5.82 Å². The Labute approximate surface area is 182 Å². The highest BCUT2D eigenvalue weighted by Gasteiger charge is 2.39. The summed E-state index contributed by atoms with van der Waals surface area (Å²) in [6.07, 6.45) is 9.19. The Balaban J connectivity index is 1.54. The van der Waals surface area contributed by atoms with Gasteiger partial charge in [0.15, 0.2) is 17.5 Å². The van der Waals surface area contributed by atoms with Gasteiger partial charge >= 0.3 is 0 Å². The molecule has 6 rings (SSSR count). The molecule has 0 N–H and O–H groups in total. The van der Waals surface area contributed by atoms with E-state index in [0.29, 0.717) is 12.4 Å². The summed E-state index contributed by atoms with van der Waals surface area (Å²) in [7, 11) is 1.90. The Hall–Kier alpha value is -3.18. The van der Waals surface area contributed by atoms with Crippen molar-refractivity contribution in [2.24, 2.45) is 7.05 Å². The Morgan fingerprint density at radius 2 is 2.23 bits per heavy atom. The number of hydrogen-bond acceptors (Lipinski definition) is 9. The van der Waals surface area contributed by atoms with Gasteiger partial charge in [-0.05, 0) is 12.8 Å². The van der Waals surface area contributed by atoms with E-state index in [1.54, 1.807) is 28.5 Å². The third-order valence-corrected chi connectivity index (χ3v) is 6.63. The minimum atomic E-state index is 0.0804. The Kier molecular flexibility index (Phi) is 4.32. The lowest BCUT2D eigenvalue weighted by molar-refractivity contribution is 0.191. The van der Waals surface area contributed by atoms with E-state index < -0.39 is 0 Å². The van der Waals surface area contributed by atoms with E-state index in [0.717, 1.165) is 53.0 Å². The molecular weight excluding hydrogens is 414 g/mol. The molecule has 1 unspecified atom stereocenters. The molecule has 11 heteroatoms. The number of hydrogen-bond donors (Lipinski definition) is 0. The predicted molar refractivity (Wildman–Crippen MR) is 115 cm³/mol. The van der Waals surface area contributed by atoms with Gasteiger partial charge in [0.05, 0.1) is 30.5 Å². The highest BCUT2D eigenvalue weighted by molar-refractivity contribution is 7.13. The Morgan fingerprint density at radius 1 is 1.29 bits per heavy atom. The third kappa shape index (κ3) is 2.87. The molecule has 1 fully saturated rings. The fraction of sp³-hybridized carbons (Fsp3) is 0.400. The van der Waals surface area contributed by atoms with E-state index in [1.807, 2.05) is 29.4 Å². The average Bonchev–Trinajstić information content (AvgIpc) is 3.59. The fourth-order valence-electron chi connectivity index (χ4n) is 4.48. The van der Waals surface area contributed by atoms with Crippen molar-refractivity contribution in [2.75, 3.05) is 18.1 Å². The van der Waals surface area contributed by atoms with Crippen molar-refractivity contribution in [3.8, 4) is 27.8 Å². The van der Waals surface area contributed by atoms with Gasteiger partial charge in [-0.15, -0.1) is 21.5 Å². The summed E-state index contributed by atoms with van der Waals surface area (Å²) >= 11 is 1.55. The maximum atomic E-state index is 5.73. The summed E-state index contributed by atoms with van der Waals surface area (Å²) in [4.78, 5) is 16.6. The first kappa shape index (κ1) is 18.6. The summed E-state index contributed by atoms with van der Waals surface area (Å²) in [5, 5.41) is 16.0. The van der Waals surface area contributed by atoms with Crippen molar-refractivity contribution >= 4 is 17.2 Å². The first-order valence-electron chi connectivity index (χ1n) is 10.3. The van der Waals surface area contributed by atoms with E-state index in [9.17, 15) is 0 Å². The summed E-state index contributed by atoms with van der Waals surface area (Å²) in [5.41, 5.74) is 2.55. The maximum absolute atomic E-state index is 5.73. The van der Waals surface area contributed by atoms with Crippen molar-refractivity contribution in [3.05, 3.63) is 36.1 Å². The Bertz CT molecular complexity index is 1230. The van der Waals surface area contributed by atoms with E-state index in [4.69, 9.17) is 14.7 Å². The number of rotatable bonds is 4. The molecule has 2 aliphatic rings. The minimum Gasteiger partial charge on any atom is -0.379 e. The molecule has 0 aromatic carbocycles. The van der Waals surface area contributed by atoms with E-state index >= 15 is 0 Å². The van der Waals surface area contributed by atoms with Crippen LogP contribution in [-0.4, -0.2) is 58.8 Å². The second kappa shape index (κ2) is 7.20. The molecule has 158 valence electrons. The topological polar surface area (TPSA) is 99.7 Å². The van der Waals surface area contributed by atoms with Gasteiger partial charge in [0.1, 0.15) is 22.7 Å². The lowest BCUT2D eigenvalue weighted by Crippen LogP contribution is -2.43. The molecule has 10 nitrogen and oxygen atoms in total. The smallest absolute Gasteiger partial charge is 0.165 e. The lowest BCUT2D eigenvalue weighted by atomic mass is 10.0. The van der Waals surface area contributed by atoms with Crippen LogP contribution in [0.1, 0.15) is 31.6 Å². The van der Waals surface area contributed by atoms with E-state index in [-0.39, 0.29) is 12.1 Å². The SMILES string of the molecule is CC[C@@H]1c2nncn2-c2cnc(-c3cn(C)nc3-c3nccs3)nc2N1C1CCOC1. The van der Waals surface area contributed by atoms with Crippen LogP contribution in [0.2, 0.25) is 0 Å². The van der Waals surface area contributed by atoms with Crippen LogP contribution in [0.3, 0.4) is 0 Å². The van der Waals surface area contributed by atoms with Gasteiger partial charge in [0.25, 0.3) is 0 Å². The molecule has 1 saturated heterocycles. The molecule has 0 spiro atoms. The highest BCUT2D eigenvalue weighted by Crippen LogP contribution is 2.41. The lowest BCUT2D eigenvalue weighted by Gasteiger charge is -2.40. The number of fused-ring (bicyclic) bond motifs is 3. The average molecular weight is 436 g/mol. The van der Waals surface area contributed by atoms with Crippen molar-refractivity contribution in [2.45, 2.75) is 31.8 Å². The molecule has 0 bridgehead atoms. The van der Waals surface area contributed by atoms with E-state index in [1.165, 1.54) is 0 Å². The number of aryl methyl sites for hydroxylation is 1. The molecule has 0 aliphatic carbocycles. The van der Waals surface area contributed by atoms with Gasteiger partial charge in [-0.2, -0.15) is 5.10 Å². The summed E-state index contributed by atoms with van der Waals surface area (Å²) in [6, 6.07) is 0.320. The fourth-order valence-corrected chi connectivity index (χ4v) is 5.12. The number of ether oxygens (including phenoxy) is 1. The van der Waals surface area contributed by atoms with Gasteiger partial charge < -0.3 is 9.64 Å². The molecule has 4 aromatic heterocycles. The molecule has 0 radical (unpaired) electrons. The summed E-state index contributed by atoms with van der Waals surface area (Å²) < 4.78 is 9.51. The third-order valence-electron chi connectivity index (χ3n) is 5.85. The molecule has 2 atom stereocenters. The first-order chi connectivity index (χ1) is 15.2. The maximum Gasteiger partial charge on any atom is 0.165 e. The van der Waals surface area contributed by atoms with Crippen LogP contribution >= 0.6 is 11.3 Å². The molecular formula is C20H21N9OS. The highest BCUT2D eigenvalue weighted by atomic mass is 32.1. The van der Waals surface area contributed by atoms with Gasteiger partial charge in [0, 0.05) is 31.4 Å². The first-order valence-corrected chi connectivity index (χ1v) is 11.2. The van der Waals surface area contributed by atoms with Crippen LogP contribution in [0, 0.1) is 0 Å². The molecule has 0 saturated carbocycles. The molecule has 0 amide bonds. The van der Waals surface area contributed by atoms with Crippen LogP contribution in [0.25, 0.3) is 27.8 Å². The van der Waals surface area contributed by atoms with Gasteiger partial charge in [-0.1, -0.05) is 6.92 Å². The van der Waals surface area contributed by atoms with Crippen LogP contribution in [0.15, 0.2) is 30.3 Å². The number of nitrogens with zero attached hydrogens (tertiary/aromatic N) is 9. The summed E-state index contributed by atoms with van der Waals surface area (Å²) in [6.45, 7) is 3.61. The molecule has 2 aliphatic heterocycles. The largest absolute Gasteiger partial charge is 0.379 e. The normalized spacial score (nSPS) is 20.1. The zero-order chi connectivity index (χ0) is 20.9. The molecule has 31 heavy (non-hydrogen) atoms. The standard InChI is InChI=1S/C20H21N9OS/c1-3-14-19-25-23-11-28(19)15-8-22-17(24-18(15)29(14)12-4-6-30-10-12)13-9-27(2)26-16(13)20-21-5-7-31-20/h5,7-9,11-12,14H,3-4,6,10H2,1-2H3/t12?,14-/m1/s1. The number of anilines is 1. The monoisotopic (exact) mass is 435 g/mol. The Morgan fingerprint density at radius 3 is 3.00 bits per heavy atom. The zero-order valence-electron chi connectivity index (χ0n) is 17.2. The second-order valence-corrected chi connectivity index (χ2v) is 8.61. The molecule has 6 heterocycles. The summed E-state index contributed by atoms with van der Waals surface area (Å²) in [5.74, 6) is 2.43. The van der Waals surface area contributed by atoms with Crippen molar-refractivity contribution in [1.82, 2.24) is 39.5 Å². The zero-order valence-corrected chi connectivity index (χ0v) is 18.0. The van der Waals surface area contributed by atoms with Crippen LogP contribution in [-0.2, 0) is 11.8 Å². The predicted octanol–water partition coefficient (Wildman–Crippen LogP) is 2.64. The van der Waals surface area contributed by atoms with E-state index in [2.05, 4.69) is 32.1 Å². The second-order valence-electron chi connectivity index (χ2n) is 7.71. The number of aromatic nitrogens is 8. The van der Waals surface area contributed by atoms with Crippen LogP contribution < -0.4 is 4.90 Å². The number of thiazole rings is 1. The van der Waals surface area contributed by atoms with Gasteiger partial charge in [-0.3, -0.25) is 9.25 Å². The van der Waals surface area contributed by atoms with Crippen molar-refractivity contribution in [3.63, 3.8) is 0 Å². The minimum absolute atomic E-state index is 0.0804. The molecule has 4 aromatic rings. The van der Waals surface area contributed by atoms with Gasteiger partial charge in [0.2, 0.25) is 0 Å². The quantitative estimate of drug-likeness (QED) is 0.482. The van der Waals surface area contributed by atoms with Crippen LogP contribution in [0.5, 0.6) is 0 Å². The van der Waals surface area contributed by atoms with Crippen molar-refractivity contribution in [1.29, 1.82) is 0 Å². The van der Waals surface area contributed by atoms with Crippen molar-refractivity contribution < 1.29 is 4.74 Å².